The van der Waals surface area contributed by atoms with Crippen molar-refractivity contribution >= 4 is 5.82 Å². The van der Waals surface area contributed by atoms with E-state index in [0.29, 0.717) is 0 Å². The van der Waals surface area contributed by atoms with Crippen LogP contribution < -0.4 is 5.73 Å². The van der Waals surface area contributed by atoms with Crippen LogP contribution in [0.25, 0.3) is 0 Å². The van der Waals surface area contributed by atoms with Gasteiger partial charge in [0.15, 0.2) is 0 Å². The smallest absolute Gasteiger partial charge is 0.121 e. The molecule has 0 aliphatic heterocycles. The fourth-order valence-electron chi connectivity index (χ4n) is 2.11. The van der Waals surface area contributed by atoms with Crippen molar-refractivity contribution < 1.29 is 0 Å². The summed E-state index contributed by atoms with van der Waals surface area (Å²) in [6, 6.07) is 10.8. The number of aromatic nitrogens is 2. The Morgan fingerprint density at radius 2 is 1.74 bits per heavy atom. The highest BCUT2D eigenvalue weighted by Crippen LogP contribution is 2.22. The lowest BCUT2D eigenvalue weighted by atomic mass is 9.86. The molecule has 1 aromatic heterocycles. The predicted molar refractivity (Wildman–Crippen MR) is 80.2 cm³/mol. The molecule has 0 aliphatic rings. The summed E-state index contributed by atoms with van der Waals surface area (Å²) in [7, 11) is 1.87. The van der Waals surface area contributed by atoms with Crippen LogP contribution in [-0.4, -0.2) is 9.78 Å². The van der Waals surface area contributed by atoms with E-state index in [1.54, 1.807) is 4.68 Å². The number of aryl methyl sites for hydroxylation is 3. The normalized spacial score (nSPS) is 11.8. The van der Waals surface area contributed by atoms with E-state index in [0.717, 1.165) is 24.4 Å². The van der Waals surface area contributed by atoms with Gasteiger partial charge in [0.05, 0.1) is 5.69 Å². The Balaban J connectivity index is 2.00. The summed E-state index contributed by atoms with van der Waals surface area (Å²) in [5, 5.41) is 4.37. The first-order chi connectivity index (χ1) is 8.86. The number of nitrogen functional groups attached to an aromatic ring is 1. The molecule has 19 heavy (non-hydrogen) atoms. The molecule has 0 spiro atoms. The van der Waals surface area contributed by atoms with Gasteiger partial charge in [-0.05, 0) is 29.4 Å². The molecular formula is C16H23N3. The molecule has 2 rings (SSSR count). The van der Waals surface area contributed by atoms with Gasteiger partial charge in [-0.25, -0.2) is 0 Å². The summed E-state index contributed by atoms with van der Waals surface area (Å²) in [6.45, 7) is 6.70. The maximum Gasteiger partial charge on any atom is 0.121 e. The van der Waals surface area contributed by atoms with Crippen molar-refractivity contribution in [2.75, 3.05) is 5.73 Å². The van der Waals surface area contributed by atoms with E-state index in [-0.39, 0.29) is 5.41 Å². The van der Waals surface area contributed by atoms with Gasteiger partial charge in [0, 0.05) is 13.1 Å². The molecule has 0 atom stereocenters. The highest BCUT2D eigenvalue weighted by molar-refractivity contribution is 5.31. The highest BCUT2D eigenvalue weighted by Gasteiger charge is 2.12. The van der Waals surface area contributed by atoms with Gasteiger partial charge in [-0.2, -0.15) is 5.10 Å². The third-order valence-electron chi connectivity index (χ3n) is 3.46. The molecule has 1 aromatic carbocycles. The van der Waals surface area contributed by atoms with E-state index < -0.39 is 0 Å². The molecule has 2 aromatic rings. The zero-order valence-electron chi connectivity index (χ0n) is 12.3. The molecule has 0 fully saturated rings. The lowest BCUT2D eigenvalue weighted by Crippen LogP contribution is -2.10. The second-order valence-corrected chi connectivity index (χ2v) is 6.13. The Bertz CT molecular complexity index is 525. The number of anilines is 1. The minimum absolute atomic E-state index is 0.216. The summed E-state index contributed by atoms with van der Waals surface area (Å²) in [4.78, 5) is 0. The van der Waals surface area contributed by atoms with Crippen LogP contribution in [0.5, 0.6) is 0 Å². The Labute approximate surface area is 115 Å². The molecule has 0 bridgehead atoms. The number of benzene rings is 1. The Hall–Kier alpha value is -1.77. The standard InChI is InChI=1S/C16H23N3/c1-16(2,3)13-8-5-12(6-9-13)7-10-14-11-15(17)19(4)18-14/h5-6,8-9,11H,7,10,17H2,1-4H3. The van der Waals surface area contributed by atoms with Crippen LogP contribution in [0.2, 0.25) is 0 Å². The second kappa shape index (κ2) is 5.08. The van der Waals surface area contributed by atoms with Gasteiger partial charge in [-0.1, -0.05) is 45.0 Å². The molecule has 0 amide bonds. The van der Waals surface area contributed by atoms with E-state index in [1.165, 1.54) is 11.1 Å². The van der Waals surface area contributed by atoms with Crippen molar-refractivity contribution in [1.82, 2.24) is 9.78 Å². The minimum atomic E-state index is 0.216. The van der Waals surface area contributed by atoms with Crippen molar-refractivity contribution in [1.29, 1.82) is 0 Å². The van der Waals surface area contributed by atoms with Gasteiger partial charge in [-0.3, -0.25) is 4.68 Å². The van der Waals surface area contributed by atoms with Crippen LogP contribution in [0.1, 0.15) is 37.6 Å². The van der Waals surface area contributed by atoms with Crippen molar-refractivity contribution in [2.24, 2.45) is 7.05 Å². The number of hydrogen-bond acceptors (Lipinski definition) is 2. The Kier molecular flexibility index (Phi) is 3.65. The fourth-order valence-corrected chi connectivity index (χ4v) is 2.11. The predicted octanol–water partition coefficient (Wildman–Crippen LogP) is 3.09. The highest BCUT2D eigenvalue weighted by atomic mass is 15.3. The van der Waals surface area contributed by atoms with E-state index in [2.05, 4.69) is 50.1 Å². The molecule has 0 radical (unpaired) electrons. The van der Waals surface area contributed by atoms with Crippen molar-refractivity contribution in [3.63, 3.8) is 0 Å². The summed E-state index contributed by atoms with van der Waals surface area (Å²) < 4.78 is 1.72. The van der Waals surface area contributed by atoms with Crippen LogP contribution >= 0.6 is 0 Å². The van der Waals surface area contributed by atoms with Crippen molar-refractivity contribution in [3.8, 4) is 0 Å². The molecular weight excluding hydrogens is 234 g/mol. The van der Waals surface area contributed by atoms with E-state index >= 15 is 0 Å². The van der Waals surface area contributed by atoms with Crippen molar-refractivity contribution in [3.05, 3.63) is 47.2 Å². The molecule has 0 unspecified atom stereocenters. The first kappa shape index (κ1) is 13.7. The van der Waals surface area contributed by atoms with E-state index in [9.17, 15) is 0 Å². The molecule has 2 N–H and O–H groups in total. The molecule has 3 heteroatoms. The first-order valence-electron chi connectivity index (χ1n) is 6.74. The van der Waals surface area contributed by atoms with Crippen LogP contribution in [0.3, 0.4) is 0 Å². The quantitative estimate of drug-likeness (QED) is 0.918. The zero-order valence-corrected chi connectivity index (χ0v) is 12.3. The monoisotopic (exact) mass is 257 g/mol. The number of nitrogens with zero attached hydrogens (tertiary/aromatic N) is 2. The van der Waals surface area contributed by atoms with Crippen LogP contribution in [0.4, 0.5) is 5.82 Å². The lowest BCUT2D eigenvalue weighted by molar-refractivity contribution is 0.590. The Morgan fingerprint density at radius 3 is 2.21 bits per heavy atom. The lowest BCUT2D eigenvalue weighted by Gasteiger charge is -2.19. The topological polar surface area (TPSA) is 43.8 Å². The van der Waals surface area contributed by atoms with Gasteiger partial charge in [0.25, 0.3) is 0 Å². The molecule has 0 saturated carbocycles. The molecule has 3 nitrogen and oxygen atoms in total. The molecule has 0 aliphatic carbocycles. The van der Waals surface area contributed by atoms with Crippen molar-refractivity contribution in [2.45, 2.75) is 39.0 Å². The average molecular weight is 257 g/mol. The van der Waals surface area contributed by atoms with Gasteiger partial charge >= 0.3 is 0 Å². The number of rotatable bonds is 3. The van der Waals surface area contributed by atoms with Gasteiger partial charge in [0.2, 0.25) is 0 Å². The van der Waals surface area contributed by atoms with Crippen LogP contribution in [-0.2, 0) is 25.3 Å². The third-order valence-corrected chi connectivity index (χ3v) is 3.46. The molecule has 0 saturated heterocycles. The molecule has 102 valence electrons. The maximum atomic E-state index is 5.78. The van der Waals surface area contributed by atoms with Crippen LogP contribution in [0, 0.1) is 0 Å². The van der Waals surface area contributed by atoms with E-state index in [1.807, 2.05) is 13.1 Å². The van der Waals surface area contributed by atoms with Crippen LogP contribution in [0.15, 0.2) is 30.3 Å². The maximum absolute atomic E-state index is 5.78. The fraction of sp³-hybridized carbons (Fsp3) is 0.438. The minimum Gasteiger partial charge on any atom is -0.384 e. The average Bonchev–Trinajstić information content (AvgIpc) is 2.66. The largest absolute Gasteiger partial charge is 0.384 e. The van der Waals surface area contributed by atoms with Gasteiger partial charge in [-0.15, -0.1) is 0 Å². The number of nitrogens with two attached hydrogens (primary N) is 1. The second-order valence-electron chi connectivity index (χ2n) is 6.13. The van der Waals surface area contributed by atoms with Gasteiger partial charge in [0.1, 0.15) is 5.82 Å². The van der Waals surface area contributed by atoms with Gasteiger partial charge < -0.3 is 5.73 Å². The van der Waals surface area contributed by atoms with E-state index in [4.69, 9.17) is 5.73 Å². The summed E-state index contributed by atoms with van der Waals surface area (Å²) in [5.74, 6) is 0.720. The number of hydrogen-bond donors (Lipinski definition) is 1. The Morgan fingerprint density at radius 1 is 1.11 bits per heavy atom. The summed E-state index contributed by atoms with van der Waals surface area (Å²) in [5.41, 5.74) is 9.77. The zero-order chi connectivity index (χ0) is 14.0. The molecule has 1 heterocycles. The first-order valence-corrected chi connectivity index (χ1v) is 6.74. The summed E-state index contributed by atoms with van der Waals surface area (Å²) >= 11 is 0. The SMILES string of the molecule is Cn1nc(CCc2ccc(C(C)(C)C)cc2)cc1N. The summed E-state index contributed by atoms with van der Waals surface area (Å²) in [6.07, 6.45) is 1.93. The third kappa shape index (κ3) is 3.37.